The van der Waals surface area contributed by atoms with E-state index in [0.717, 1.165) is 6.54 Å². The van der Waals surface area contributed by atoms with Crippen molar-refractivity contribution in [3.8, 4) is 0 Å². The van der Waals surface area contributed by atoms with Gasteiger partial charge >= 0.3 is 0 Å². The van der Waals surface area contributed by atoms with E-state index in [4.69, 9.17) is 4.42 Å². The lowest BCUT2D eigenvalue weighted by atomic mass is 10.2. The van der Waals surface area contributed by atoms with Crippen LogP contribution in [0.4, 0.5) is 0 Å². The Morgan fingerprint density at radius 3 is 2.58 bits per heavy atom. The van der Waals surface area contributed by atoms with Crippen molar-refractivity contribution in [2.24, 2.45) is 5.92 Å². The van der Waals surface area contributed by atoms with Gasteiger partial charge in [0.25, 0.3) is 0 Å². The molecule has 0 fully saturated rings. The number of rotatable bonds is 7. The SMILES string of the molecule is CCNCc1cc(S(=O)(=O)N(C)CC(C)C)c(C)o1. The zero-order chi connectivity index (χ0) is 14.6. The van der Waals surface area contributed by atoms with Crippen LogP contribution in [0, 0.1) is 12.8 Å². The minimum Gasteiger partial charge on any atom is -0.464 e. The van der Waals surface area contributed by atoms with Gasteiger partial charge in [-0.2, -0.15) is 0 Å². The summed E-state index contributed by atoms with van der Waals surface area (Å²) in [6.45, 7) is 9.51. The first-order valence-electron chi connectivity index (χ1n) is 6.55. The van der Waals surface area contributed by atoms with Gasteiger partial charge in [-0.25, -0.2) is 12.7 Å². The second kappa shape index (κ2) is 6.54. The van der Waals surface area contributed by atoms with Gasteiger partial charge in [0, 0.05) is 19.7 Å². The van der Waals surface area contributed by atoms with E-state index in [-0.39, 0.29) is 10.8 Å². The van der Waals surface area contributed by atoms with Gasteiger partial charge in [0.1, 0.15) is 16.4 Å². The molecule has 1 aromatic heterocycles. The van der Waals surface area contributed by atoms with E-state index in [2.05, 4.69) is 5.32 Å². The molecule has 1 aromatic rings. The Morgan fingerprint density at radius 2 is 2.05 bits per heavy atom. The van der Waals surface area contributed by atoms with Crippen LogP contribution < -0.4 is 5.32 Å². The van der Waals surface area contributed by atoms with Crippen LogP contribution in [-0.4, -0.2) is 32.9 Å². The Morgan fingerprint density at radius 1 is 1.42 bits per heavy atom. The Hall–Kier alpha value is -0.850. The molecule has 0 atom stereocenters. The molecule has 0 amide bonds. The van der Waals surface area contributed by atoms with Crippen LogP contribution in [0.5, 0.6) is 0 Å². The van der Waals surface area contributed by atoms with Crippen LogP contribution in [0.2, 0.25) is 0 Å². The second-order valence-electron chi connectivity index (χ2n) is 5.09. The number of hydrogen-bond donors (Lipinski definition) is 1. The van der Waals surface area contributed by atoms with Gasteiger partial charge in [-0.15, -0.1) is 0 Å². The van der Waals surface area contributed by atoms with E-state index in [1.807, 2.05) is 20.8 Å². The van der Waals surface area contributed by atoms with Gasteiger partial charge in [-0.05, 0) is 19.4 Å². The van der Waals surface area contributed by atoms with E-state index in [1.54, 1.807) is 20.0 Å². The van der Waals surface area contributed by atoms with Gasteiger partial charge < -0.3 is 9.73 Å². The summed E-state index contributed by atoms with van der Waals surface area (Å²) in [5, 5.41) is 3.12. The molecule has 5 nitrogen and oxygen atoms in total. The number of nitrogens with one attached hydrogen (secondary N) is 1. The van der Waals surface area contributed by atoms with Crippen molar-refractivity contribution in [1.29, 1.82) is 0 Å². The highest BCUT2D eigenvalue weighted by atomic mass is 32.2. The summed E-state index contributed by atoms with van der Waals surface area (Å²) in [5.74, 6) is 1.38. The quantitative estimate of drug-likeness (QED) is 0.833. The van der Waals surface area contributed by atoms with E-state index in [0.29, 0.717) is 24.6 Å². The van der Waals surface area contributed by atoms with Crippen molar-refractivity contribution in [2.75, 3.05) is 20.1 Å². The summed E-state index contributed by atoms with van der Waals surface area (Å²) in [4.78, 5) is 0.267. The fraction of sp³-hybridized carbons (Fsp3) is 0.692. The van der Waals surface area contributed by atoms with Crippen LogP contribution in [-0.2, 0) is 16.6 Å². The largest absolute Gasteiger partial charge is 0.464 e. The maximum atomic E-state index is 12.4. The number of aryl methyl sites for hydroxylation is 1. The fourth-order valence-electron chi connectivity index (χ4n) is 1.90. The Kier molecular flexibility index (Phi) is 5.58. The minimum absolute atomic E-state index is 0.267. The molecule has 19 heavy (non-hydrogen) atoms. The molecule has 0 aliphatic heterocycles. The highest BCUT2D eigenvalue weighted by molar-refractivity contribution is 7.89. The van der Waals surface area contributed by atoms with E-state index in [1.165, 1.54) is 4.31 Å². The average Bonchev–Trinajstić information content (AvgIpc) is 2.67. The first kappa shape index (κ1) is 16.2. The van der Waals surface area contributed by atoms with Gasteiger partial charge in [0.2, 0.25) is 10.0 Å². The Bertz CT molecular complexity index is 506. The van der Waals surface area contributed by atoms with Gasteiger partial charge in [-0.1, -0.05) is 20.8 Å². The van der Waals surface area contributed by atoms with Gasteiger partial charge in [-0.3, -0.25) is 0 Å². The van der Waals surface area contributed by atoms with Gasteiger partial charge in [0.05, 0.1) is 6.54 Å². The molecule has 0 saturated carbocycles. The third kappa shape index (κ3) is 4.06. The van der Waals surface area contributed by atoms with E-state index in [9.17, 15) is 8.42 Å². The van der Waals surface area contributed by atoms with Crippen LogP contribution >= 0.6 is 0 Å². The standard InChI is InChI=1S/C13H24N2O3S/c1-6-14-8-12-7-13(11(4)18-12)19(16,17)15(5)9-10(2)3/h7,10,14H,6,8-9H2,1-5H3. The fourth-order valence-corrected chi connectivity index (χ4v) is 3.41. The van der Waals surface area contributed by atoms with Crippen molar-refractivity contribution in [3.05, 3.63) is 17.6 Å². The lowest BCUT2D eigenvalue weighted by molar-refractivity contribution is 0.414. The maximum Gasteiger partial charge on any atom is 0.246 e. The summed E-state index contributed by atoms with van der Waals surface area (Å²) < 4.78 is 31.7. The molecule has 6 heteroatoms. The third-order valence-electron chi connectivity index (χ3n) is 2.78. The zero-order valence-electron chi connectivity index (χ0n) is 12.4. The molecule has 1 rings (SSSR count). The Labute approximate surface area is 116 Å². The molecule has 0 aliphatic rings. The summed E-state index contributed by atoms with van der Waals surface area (Å²) in [6.07, 6.45) is 0. The summed E-state index contributed by atoms with van der Waals surface area (Å²) in [7, 11) is -1.85. The predicted octanol–water partition coefficient (Wildman–Crippen LogP) is 1.97. The topological polar surface area (TPSA) is 62.6 Å². The molecule has 0 aromatic carbocycles. The smallest absolute Gasteiger partial charge is 0.246 e. The summed E-state index contributed by atoms with van der Waals surface area (Å²) in [6, 6.07) is 1.62. The van der Waals surface area contributed by atoms with Crippen molar-refractivity contribution >= 4 is 10.0 Å². The molecular weight excluding hydrogens is 264 g/mol. The number of sulfonamides is 1. The van der Waals surface area contributed by atoms with Gasteiger partial charge in [0.15, 0.2) is 0 Å². The molecule has 1 heterocycles. The first-order chi connectivity index (χ1) is 8.78. The summed E-state index contributed by atoms with van der Waals surface area (Å²) in [5.41, 5.74) is 0. The molecule has 0 unspecified atom stereocenters. The highest BCUT2D eigenvalue weighted by Gasteiger charge is 2.26. The number of furan rings is 1. The second-order valence-corrected chi connectivity index (χ2v) is 7.11. The monoisotopic (exact) mass is 288 g/mol. The van der Waals surface area contributed by atoms with Crippen molar-refractivity contribution in [3.63, 3.8) is 0 Å². The molecule has 0 aliphatic carbocycles. The molecule has 110 valence electrons. The molecule has 0 saturated heterocycles. The minimum atomic E-state index is -3.46. The van der Waals surface area contributed by atoms with Crippen molar-refractivity contribution < 1.29 is 12.8 Å². The third-order valence-corrected chi connectivity index (χ3v) is 4.71. The van der Waals surface area contributed by atoms with Crippen molar-refractivity contribution in [2.45, 2.75) is 39.1 Å². The molecule has 0 radical (unpaired) electrons. The van der Waals surface area contributed by atoms with Crippen molar-refractivity contribution in [1.82, 2.24) is 9.62 Å². The highest BCUT2D eigenvalue weighted by Crippen LogP contribution is 2.23. The van der Waals surface area contributed by atoms with Crippen LogP contribution in [0.3, 0.4) is 0 Å². The Balaban J connectivity index is 2.98. The average molecular weight is 288 g/mol. The maximum absolute atomic E-state index is 12.4. The molecule has 0 bridgehead atoms. The normalized spacial score (nSPS) is 12.6. The van der Waals surface area contributed by atoms with Crippen LogP contribution in [0.25, 0.3) is 0 Å². The lowest BCUT2D eigenvalue weighted by Gasteiger charge is -2.18. The lowest BCUT2D eigenvalue weighted by Crippen LogP contribution is -2.30. The zero-order valence-corrected chi connectivity index (χ0v) is 13.2. The van der Waals surface area contributed by atoms with E-state index < -0.39 is 10.0 Å². The first-order valence-corrected chi connectivity index (χ1v) is 7.99. The van der Waals surface area contributed by atoms with Crippen LogP contribution in [0.15, 0.2) is 15.4 Å². The molecule has 1 N–H and O–H groups in total. The van der Waals surface area contributed by atoms with Crippen LogP contribution in [0.1, 0.15) is 32.3 Å². The number of hydrogen-bond acceptors (Lipinski definition) is 4. The molecular formula is C13H24N2O3S. The predicted molar refractivity (Wildman–Crippen MR) is 75.5 cm³/mol. The number of nitrogens with zero attached hydrogens (tertiary/aromatic N) is 1. The summed E-state index contributed by atoms with van der Waals surface area (Å²) >= 11 is 0. The van der Waals surface area contributed by atoms with E-state index >= 15 is 0 Å². The molecule has 0 spiro atoms.